The van der Waals surface area contributed by atoms with Crippen LogP contribution >= 0.6 is 0 Å². The Balaban J connectivity index is 2.32. The number of nitrogens with zero attached hydrogens (tertiary/aromatic N) is 2. The molecule has 0 aromatic carbocycles. The predicted octanol–water partition coefficient (Wildman–Crippen LogP) is 1.69. The quantitative estimate of drug-likeness (QED) is 0.702. The predicted molar refractivity (Wildman–Crippen MR) is 70.4 cm³/mol. The van der Waals surface area contributed by atoms with Crippen LogP contribution < -0.4 is 5.32 Å². The third-order valence-electron chi connectivity index (χ3n) is 3.09. The topological polar surface area (TPSA) is 39.1 Å². The summed E-state index contributed by atoms with van der Waals surface area (Å²) in [6, 6.07) is 0. The summed E-state index contributed by atoms with van der Waals surface area (Å²) in [5.41, 5.74) is 3.87. The minimum atomic E-state index is 0.826. The summed E-state index contributed by atoms with van der Waals surface area (Å²) in [6.07, 6.45) is 2.13. The van der Waals surface area contributed by atoms with Crippen molar-refractivity contribution in [2.24, 2.45) is 0 Å². The summed E-state index contributed by atoms with van der Waals surface area (Å²) >= 11 is 0. The van der Waals surface area contributed by atoms with Crippen molar-refractivity contribution in [3.05, 3.63) is 17.0 Å². The molecule has 4 heteroatoms. The molecular weight excluding hydrogens is 214 g/mol. The Morgan fingerprint density at radius 1 is 1.29 bits per heavy atom. The Bertz CT molecular complexity index is 334. The normalized spacial score (nSPS) is 11.1. The van der Waals surface area contributed by atoms with Crippen LogP contribution in [0.5, 0.6) is 0 Å². The zero-order valence-electron chi connectivity index (χ0n) is 11.5. The van der Waals surface area contributed by atoms with Gasteiger partial charge in [-0.1, -0.05) is 6.92 Å². The van der Waals surface area contributed by atoms with Gasteiger partial charge in [-0.2, -0.15) is 5.10 Å². The van der Waals surface area contributed by atoms with E-state index in [-0.39, 0.29) is 0 Å². The molecule has 1 aromatic rings. The summed E-state index contributed by atoms with van der Waals surface area (Å²) in [5, 5.41) is 7.97. The molecule has 1 heterocycles. The minimum Gasteiger partial charge on any atom is -0.385 e. The number of nitrogens with one attached hydrogen (secondary N) is 1. The first-order valence-corrected chi connectivity index (χ1v) is 6.43. The highest BCUT2D eigenvalue weighted by molar-refractivity contribution is 5.24. The lowest BCUT2D eigenvalue weighted by atomic mass is 10.1. The Labute approximate surface area is 104 Å². The lowest BCUT2D eigenvalue weighted by Gasteiger charge is -2.06. The lowest BCUT2D eigenvalue weighted by Crippen LogP contribution is -2.22. The van der Waals surface area contributed by atoms with Crippen LogP contribution in [0.4, 0.5) is 0 Å². The molecule has 0 fully saturated rings. The smallest absolute Gasteiger partial charge is 0.0628 e. The number of aryl methyl sites for hydroxylation is 1. The van der Waals surface area contributed by atoms with Gasteiger partial charge in [0.2, 0.25) is 0 Å². The largest absolute Gasteiger partial charge is 0.385 e. The highest BCUT2D eigenvalue weighted by atomic mass is 16.5. The molecule has 0 aliphatic rings. The van der Waals surface area contributed by atoms with Crippen molar-refractivity contribution >= 4 is 0 Å². The van der Waals surface area contributed by atoms with E-state index in [9.17, 15) is 0 Å². The maximum absolute atomic E-state index is 5.00. The monoisotopic (exact) mass is 239 g/mol. The minimum absolute atomic E-state index is 0.826. The van der Waals surface area contributed by atoms with Crippen LogP contribution in [0.3, 0.4) is 0 Å². The number of methoxy groups -OCH3 is 1. The highest BCUT2D eigenvalue weighted by Crippen LogP contribution is 2.12. The van der Waals surface area contributed by atoms with Gasteiger partial charge in [-0.25, -0.2) is 0 Å². The second kappa shape index (κ2) is 7.45. The van der Waals surface area contributed by atoms with Crippen molar-refractivity contribution in [2.75, 3.05) is 26.8 Å². The van der Waals surface area contributed by atoms with E-state index < -0.39 is 0 Å². The molecule has 1 aromatic heterocycles. The third kappa shape index (κ3) is 4.13. The van der Waals surface area contributed by atoms with Crippen molar-refractivity contribution in [3.63, 3.8) is 0 Å². The SMILES string of the molecule is CCc1c(C)nn(CCNCCCOC)c1C. The van der Waals surface area contributed by atoms with Gasteiger partial charge in [-0.15, -0.1) is 0 Å². The van der Waals surface area contributed by atoms with Crippen LogP contribution in [0.25, 0.3) is 0 Å². The van der Waals surface area contributed by atoms with E-state index in [1.807, 2.05) is 0 Å². The van der Waals surface area contributed by atoms with Gasteiger partial charge in [0, 0.05) is 26.0 Å². The Morgan fingerprint density at radius 2 is 2.06 bits per heavy atom. The van der Waals surface area contributed by atoms with Gasteiger partial charge in [-0.3, -0.25) is 4.68 Å². The van der Waals surface area contributed by atoms with Crippen LogP contribution in [-0.4, -0.2) is 36.6 Å². The number of ether oxygens (including phenoxy) is 1. The highest BCUT2D eigenvalue weighted by Gasteiger charge is 2.08. The lowest BCUT2D eigenvalue weighted by molar-refractivity contribution is 0.194. The average molecular weight is 239 g/mol. The molecule has 0 saturated carbocycles. The molecule has 0 amide bonds. The Kier molecular flexibility index (Phi) is 6.22. The van der Waals surface area contributed by atoms with Gasteiger partial charge >= 0.3 is 0 Å². The fourth-order valence-corrected chi connectivity index (χ4v) is 2.11. The Morgan fingerprint density at radius 3 is 2.65 bits per heavy atom. The van der Waals surface area contributed by atoms with Crippen molar-refractivity contribution in [1.29, 1.82) is 0 Å². The molecule has 0 aliphatic carbocycles. The first-order valence-electron chi connectivity index (χ1n) is 6.43. The summed E-state index contributed by atoms with van der Waals surface area (Å²) in [5.74, 6) is 0. The average Bonchev–Trinajstić information content (AvgIpc) is 2.58. The van der Waals surface area contributed by atoms with Gasteiger partial charge < -0.3 is 10.1 Å². The summed E-state index contributed by atoms with van der Waals surface area (Å²) in [7, 11) is 1.74. The fourth-order valence-electron chi connectivity index (χ4n) is 2.11. The van der Waals surface area contributed by atoms with Gasteiger partial charge in [-0.05, 0) is 38.8 Å². The van der Waals surface area contributed by atoms with Crippen LogP contribution in [0.2, 0.25) is 0 Å². The number of aromatic nitrogens is 2. The molecule has 4 nitrogen and oxygen atoms in total. The second-order valence-electron chi connectivity index (χ2n) is 4.32. The number of rotatable bonds is 8. The van der Waals surface area contributed by atoms with Gasteiger partial charge in [0.25, 0.3) is 0 Å². The van der Waals surface area contributed by atoms with E-state index in [0.29, 0.717) is 0 Å². The molecule has 0 atom stereocenters. The van der Waals surface area contributed by atoms with E-state index in [2.05, 4.69) is 35.9 Å². The number of hydrogen-bond donors (Lipinski definition) is 1. The molecular formula is C13H25N3O. The van der Waals surface area contributed by atoms with Crippen LogP contribution in [0.15, 0.2) is 0 Å². The molecule has 98 valence electrons. The molecule has 0 saturated heterocycles. The van der Waals surface area contributed by atoms with E-state index in [1.54, 1.807) is 7.11 Å². The first kappa shape index (κ1) is 14.2. The van der Waals surface area contributed by atoms with Gasteiger partial charge in [0.15, 0.2) is 0 Å². The van der Waals surface area contributed by atoms with E-state index in [1.165, 1.54) is 17.0 Å². The maximum atomic E-state index is 5.00. The van der Waals surface area contributed by atoms with Gasteiger partial charge in [0.1, 0.15) is 0 Å². The van der Waals surface area contributed by atoms with E-state index in [4.69, 9.17) is 4.74 Å². The third-order valence-corrected chi connectivity index (χ3v) is 3.09. The van der Waals surface area contributed by atoms with Crippen LogP contribution in [0, 0.1) is 13.8 Å². The standard InChI is InChI=1S/C13H25N3O/c1-5-13-11(2)15-16(12(13)3)9-8-14-7-6-10-17-4/h14H,5-10H2,1-4H3. The molecule has 1 rings (SSSR count). The summed E-state index contributed by atoms with van der Waals surface area (Å²) in [6.45, 7) is 10.2. The summed E-state index contributed by atoms with van der Waals surface area (Å²) < 4.78 is 7.11. The second-order valence-corrected chi connectivity index (χ2v) is 4.32. The summed E-state index contributed by atoms with van der Waals surface area (Å²) in [4.78, 5) is 0. The maximum Gasteiger partial charge on any atom is 0.0628 e. The van der Waals surface area contributed by atoms with Crippen molar-refractivity contribution < 1.29 is 4.74 Å². The molecule has 0 unspecified atom stereocenters. The molecule has 0 bridgehead atoms. The van der Waals surface area contributed by atoms with Gasteiger partial charge in [0.05, 0.1) is 12.2 Å². The number of hydrogen-bond acceptors (Lipinski definition) is 3. The van der Waals surface area contributed by atoms with Crippen molar-refractivity contribution in [3.8, 4) is 0 Å². The Hall–Kier alpha value is -0.870. The molecule has 17 heavy (non-hydrogen) atoms. The fraction of sp³-hybridized carbons (Fsp3) is 0.769. The molecule has 0 radical (unpaired) electrons. The zero-order chi connectivity index (χ0) is 12.7. The molecule has 0 aliphatic heterocycles. The molecule has 0 spiro atoms. The van der Waals surface area contributed by atoms with Crippen LogP contribution in [-0.2, 0) is 17.7 Å². The zero-order valence-corrected chi connectivity index (χ0v) is 11.5. The molecule has 1 N–H and O–H groups in total. The van der Waals surface area contributed by atoms with E-state index in [0.717, 1.165) is 39.1 Å². The van der Waals surface area contributed by atoms with Crippen molar-refractivity contribution in [2.45, 2.75) is 40.2 Å². The van der Waals surface area contributed by atoms with Crippen molar-refractivity contribution in [1.82, 2.24) is 15.1 Å². The van der Waals surface area contributed by atoms with E-state index >= 15 is 0 Å². The first-order chi connectivity index (χ1) is 8.20. The van der Waals surface area contributed by atoms with Crippen LogP contribution in [0.1, 0.15) is 30.3 Å².